The van der Waals surface area contributed by atoms with E-state index in [9.17, 15) is 5.11 Å². The van der Waals surface area contributed by atoms with E-state index in [1.54, 1.807) is 18.4 Å². The molecule has 0 spiro atoms. The number of aliphatic hydroxyl groups is 1. The minimum absolute atomic E-state index is 0.555. The Labute approximate surface area is 118 Å². The van der Waals surface area contributed by atoms with Crippen LogP contribution in [0.25, 0.3) is 0 Å². The van der Waals surface area contributed by atoms with Crippen molar-refractivity contribution in [2.45, 2.75) is 32.8 Å². The predicted molar refractivity (Wildman–Crippen MR) is 80.1 cm³/mol. The van der Waals surface area contributed by atoms with Crippen molar-refractivity contribution in [3.05, 3.63) is 51.2 Å². The molecule has 0 aliphatic heterocycles. The molecule has 102 valence electrons. The highest BCUT2D eigenvalue weighted by Gasteiger charge is 2.28. The SMILES string of the molecule is COc1ccc(C)cc1CC(C)(O)c1sccc1C. The van der Waals surface area contributed by atoms with Crippen LogP contribution in [0.2, 0.25) is 0 Å². The monoisotopic (exact) mass is 276 g/mol. The van der Waals surface area contributed by atoms with Crippen LogP contribution < -0.4 is 4.74 Å². The van der Waals surface area contributed by atoms with E-state index in [0.717, 1.165) is 21.8 Å². The molecule has 0 radical (unpaired) electrons. The zero-order valence-corrected chi connectivity index (χ0v) is 12.7. The molecular formula is C16H20O2S. The molecule has 1 aromatic carbocycles. The van der Waals surface area contributed by atoms with Gasteiger partial charge in [-0.05, 0) is 49.4 Å². The molecule has 1 unspecified atom stereocenters. The maximum Gasteiger partial charge on any atom is 0.122 e. The lowest BCUT2D eigenvalue weighted by Crippen LogP contribution is -2.24. The lowest BCUT2D eigenvalue weighted by atomic mass is 9.92. The fourth-order valence-corrected chi connectivity index (χ4v) is 3.41. The summed E-state index contributed by atoms with van der Waals surface area (Å²) in [5.41, 5.74) is 2.50. The van der Waals surface area contributed by atoms with E-state index in [1.807, 2.05) is 44.4 Å². The normalized spacial score (nSPS) is 14.2. The molecule has 0 saturated carbocycles. The predicted octanol–water partition coefficient (Wildman–Crippen LogP) is 3.82. The van der Waals surface area contributed by atoms with Gasteiger partial charge < -0.3 is 9.84 Å². The van der Waals surface area contributed by atoms with Crippen LogP contribution in [0, 0.1) is 13.8 Å². The van der Waals surface area contributed by atoms with Gasteiger partial charge in [0.05, 0.1) is 7.11 Å². The Kier molecular flexibility index (Phi) is 3.97. The van der Waals surface area contributed by atoms with Crippen LogP contribution in [0.4, 0.5) is 0 Å². The maximum absolute atomic E-state index is 10.8. The first-order valence-electron chi connectivity index (χ1n) is 6.34. The van der Waals surface area contributed by atoms with Crippen molar-refractivity contribution < 1.29 is 9.84 Å². The molecule has 2 aromatic rings. The molecule has 19 heavy (non-hydrogen) atoms. The number of benzene rings is 1. The first-order valence-corrected chi connectivity index (χ1v) is 7.22. The molecule has 0 aliphatic rings. The third-order valence-corrected chi connectivity index (χ3v) is 4.59. The van der Waals surface area contributed by atoms with Crippen molar-refractivity contribution in [2.24, 2.45) is 0 Å². The smallest absolute Gasteiger partial charge is 0.122 e. The highest BCUT2D eigenvalue weighted by atomic mass is 32.1. The average Bonchev–Trinajstić information content (AvgIpc) is 2.76. The zero-order chi connectivity index (χ0) is 14.0. The molecule has 0 saturated heterocycles. The van der Waals surface area contributed by atoms with E-state index in [4.69, 9.17) is 4.74 Å². The summed E-state index contributed by atoms with van der Waals surface area (Å²) in [4.78, 5) is 1.02. The summed E-state index contributed by atoms with van der Waals surface area (Å²) >= 11 is 1.60. The molecule has 3 heteroatoms. The largest absolute Gasteiger partial charge is 0.496 e. The molecule has 0 amide bonds. The van der Waals surface area contributed by atoms with Crippen molar-refractivity contribution in [2.75, 3.05) is 7.11 Å². The van der Waals surface area contributed by atoms with Gasteiger partial charge in [0.1, 0.15) is 11.4 Å². The van der Waals surface area contributed by atoms with Crippen LogP contribution >= 0.6 is 11.3 Å². The van der Waals surface area contributed by atoms with Crippen LogP contribution in [0.3, 0.4) is 0 Å². The third kappa shape index (κ3) is 2.99. The van der Waals surface area contributed by atoms with E-state index in [0.29, 0.717) is 6.42 Å². The zero-order valence-electron chi connectivity index (χ0n) is 11.9. The Morgan fingerprint density at radius 2 is 2.00 bits per heavy atom. The lowest BCUT2D eigenvalue weighted by molar-refractivity contribution is 0.0602. The van der Waals surface area contributed by atoms with Crippen LogP contribution in [-0.4, -0.2) is 12.2 Å². The van der Waals surface area contributed by atoms with Crippen LogP contribution in [0.5, 0.6) is 5.75 Å². The molecule has 2 rings (SSSR count). The van der Waals surface area contributed by atoms with Gasteiger partial charge in [0.2, 0.25) is 0 Å². The number of hydrogen-bond acceptors (Lipinski definition) is 3. The summed E-state index contributed by atoms with van der Waals surface area (Å²) in [7, 11) is 1.67. The third-order valence-electron chi connectivity index (χ3n) is 3.32. The van der Waals surface area contributed by atoms with E-state index in [-0.39, 0.29) is 0 Å². The molecule has 2 nitrogen and oxygen atoms in total. The van der Waals surface area contributed by atoms with Gasteiger partial charge >= 0.3 is 0 Å². The Bertz CT molecular complexity index is 570. The quantitative estimate of drug-likeness (QED) is 0.919. The second kappa shape index (κ2) is 5.35. The Balaban J connectivity index is 2.35. The van der Waals surface area contributed by atoms with Gasteiger partial charge in [-0.2, -0.15) is 0 Å². The maximum atomic E-state index is 10.8. The number of aryl methyl sites for hydroxylation is 2. The molecule has 1 heterocycles. The van der Waals surface area contributed by atoms with Gasteiger partial charge in [-0.15, -0.1) is 11.3 Å². The Morgan fingerprint density at radius 3 is 2.58 bits per heavy atom. The van der Waals surface area contributed by atoms with Crippen LogP contribution in [0.1, 0.15) is 28.5 Å². The fourth-order valence-electron chi connectivity index (χ4n) is 2.42. The van der Waals surface area contributed by atoms with E-state index >= 15 is 0 Å². The summed E-state index contributed by atoms with van der Waals surface area (Å²) in [6, 6.07) is 8.10. The number of ether oxygens (including phenoxy) is 1. The molecule has 1 aromatic heterocycles. The van der Waals surface area contributed by atoms with Crippen LogP contribution in [0.15, 0.2) is 29.6 Å². The standard InChI is InChI=1S/C16H20O2S/c1-11-5-6-14(18-4)13(9-11)10-16(3,17)15-12(2)7-8-19-15/h5-9,17H,10H2,1-4H3. The van der Waals surface area contributed by atoms with Crippen molar-refractivity contribution in [1.82, 2.24) is 0 Å². The van der Waals surface area contributed by atoms with Crippen LogP contribution in [-0.2, 0) is 12.0 Å². The second-order valence-electron chi connectivity index (χ2n) is 5.20. The topological polar surface area (TPSA) is 29.5 Å². The van der Waals surface area contributed by atoms with Crippen molar-refractivity contribution in [1.29, 1.82) is 0 Å². The van der Waals surface area contributed by atoms with E-state index in [1.165, 1.54) is 5.56 Å². The highest BCUT2D eigenvalue weighted by molar-refractivity contribution is 7.10. The molecular weight excluding hydrogens is 256 g/mol. The van der Waals surface area contributed by atoms with Gasteiger partial charge in [-0.25, -0.2) is 0 Å². The first-order chi connectivity index (χ1) is 8.94. The first kappa shape index (κ1) is 14.1. The Morgan fingerprint density at radius 1 is 1.26 bits per heavy atom. The summed E-state index contributed by atoms with van der Waals surface area (Å²) < 4.78 is 5.39. The molecule has 0 bridgehead atoms. The van der Waals surface area contributed by atoms with Gasteiger partial charge in [0.15, 0.2) is 0 Å². The number of rotatable bonds is 4. The molecule has 1 N–H and O–H groups in total. The minimum Gasteiger partial charge on any atom is -0.496 e. The lowest BCUT2D eigenvalue weighted by Gasteiger charge is -2.24. The summed E-state index contributed by atoms with van der Waals surface area (Å²) in [5.74, 6) is 0.833. The molecule has 1 atom stereocenters. The van der Waals surface area contributed by atoms with E-state index < -0.39 is 5.60 Å². The molecule has 0 fully saturated rings. The summed E-state index contributed by atoms with van der Waals surface area (Å²) in [6.07, 6.45) is 0.555. The average molecular weight is 276 g/mol. The summed E-state index contributed by atoms with van der Waals surface area (Å²) in [6.45, 7) is 5.95. The van der Waals surface area contributed by atoms with Gasteiger partial charge in [-0.1, -0.05) is 17.7 Å². The number of hydrogen-bond donors (Lipinski definition) is 1. The van der Waals surface area contributed by atoms with Gasteiger partial charge in [-0.3, -0.25) is 0 Å². The number of methoxy groups -OCH3 is 1. The molecule has 0 aliphatic carbocycles. The minimum atomic E-state index is -0.862. The van der Waals surface area contributed by atoms with Crippen molar-refractivity contribution >= 4 is 11.3 Å². The van der Waals surface area contributed by atoms with Crippen molar-refractivity contribution in [3.8, 4) is 5.75 Å². The van der Waals surface area contributed by atoms with Crippen molar-refractivity contribution in [3.63, 3.8) is 0 Å². The Hall–Kier alpha value is -1.32. The van der Waals surface area contributed by atoms with Gasteiger partial charge in [0, 0.05) is 11.3 Å². The second-order valence-corrected chi connectivity index (χ2v) is 6.11. The fraction of sp³-hybridized carbons (Fsp3) is 0.375. The highest BCUT2D eigenvalue weighted by Crippen LogP contribution is 2.34. The van der Waals surface area contributed by atoms with Gasteiger partial charge in [0.25, 0.3) is 0 Å². The van der Waals surface area contributed by atoms with E-state index in [2.05, 4.69) is 6.07 Å². The number of thiophene rings is 1. The summed E-state index contributed by atoms with van der Waals surface area (Å²) in [5, 5.41) is 12.8.